The summed E-state index contributed by atoms with van der Waals surface area (Å²) in [6.45, 7) is 9.81. The highest BCUT2D eigenvalue weighted by atomic mass is 16.6. The molecule has 9 nitrogen and oxygen atoms in total. The van der Waals surface area contributed by atoms with Crippen LogP contribution in [0.25, 0.3) is 0 Å². The third-order valence-electron chi connectivity index (χ3n) is 4.38. The van der Waals surface area contributed by atoms with Gasteiger partial charge in [-0.3, -0.25) is 19.9 Å². The van der Waals surface area contributed by atoms with Crippen molar-refractivity contribution in [2.75, 3.05) is 20.8 Å². The average Bonchev–Trinajstić information content (AvgIpc) is 2.85. The Balaban J connectivity index is 0.00000201. The normalized spacial score (nSPS) is 11.4. The zero-order valence-electron chi connectivity index (χ0n) is 21.1. The van der Waals surface area contributed by atoms with E-state index in [9.17, 15) is 19.7 Å². The molecular weight excluding hydrogens is 440 g/mol. The maximum Gasteiger partial charge on any atom is 0.382 e. The summed E-state index contributed by atoms with van der Waals surface area (Å²) in [5, 5.41) is 11.7. The lowest BCUT2D eigenvalue weighted by atomic mass is 9.86. The molecule has 2 unspecified atom stereocenters. The number of Topliss-reactive ketones (excluding diaryl/α,β-unsaturated/α-hetero) is 1. The molecule has 0 spiro atoms. The number of nitrogens with zero attached hydrogens (tertiary/aromatic N) is 2. The topological polar surface area (TPSA) is 118 Å². The minimum absolute atomic E-state index is 0.00410. The number of methoxy groups -OCH3 is 2. The third kappa shape index (κ3) is 9.17. The van der Waals surface area contributed by atoms with Crippen LogP contribution in [0.1, 0.15) is 69.3 Å². The number of hydrogen-bond donors (Lipinski definition) is 0. The summed E-state index contributed by atoms with van der Waals surface area (Å²) in [5.74, 6) is -1.59. The molecule has 0 radical (unpaired) electrons. The molecular formula is C25H36N2O7. The lowest BCUT2D eigenvalue weighted by molar-refractivity contribution is -0.514. The van der Waals surface area contributed by atoms with Gasteiger partial charge in [-0.2, -0.15) is 0 Å². The second kappa shape index (κ2) is 17.0. The zero-order valence-corrected chi connectivity index (χ0v) is 21.1. The molecule has 0 aliphatic rings. The maximum atomic E-state index is 12.9. The minimum Gasteiger partial charge on any atom is -0.493 e. The summed E-state index contributed by atoms with van der Waals surface area (Å²) in [7, 11) is 2.91. The van der Waals surface area contributed by atoms with E-state index < -0.39 is 22.9 Å². The number of hydrogen-bond acceptors (Lipinski definition) is 8. The first-order valence-corrected chi connectivity index (χ1v) is 11.3. The predicted octanol–water partition coefficient (Wildman–Crippen LogP) is 5.11. The number of nitro groups is 1. The van der Waals surface area contributed by atoms with E-state index >= 15 is 0 Å². The van der Waals surface area contributed by atoms with Gasteiger partial charge in [-0.15, -0.1) is 0 Å². The van der Waals surface area contributed by atoms with Crippen LogP contribution in [-0.4, -0.2) is 48.5 Å². The van der Waals surface area contributed by atoms with Crippen molar-refractivity contribution in [2.24, 2.45) is 0 Å². The fraction of sp³-hybridized carbons (Fsp3) is 0.480. The van der Waals surface area contributed by atoms with Gasteiger partial charge in [0.15, 0.2) is 17.3 Å². The second-order valence-corrected chi connectivity index (χ2v) is 6.77. The number of benzene rings is 1. The van der Waals surface area contributed by atoms with E-state index in [2.05, 4.69) is 18.8 Å². The Morgan fingerprint density at radius 3 is 2.03 bits per heavy atom. The van der Waals surface area contributed by atoms with E-state index in [0.29, 0.717) is 17.1 Å². The van der Waals surface area contributed by atoms with Crippen LogP contribution in [0, 0.1) is 10.1 Å². The first kappa shape index (κ1) is 30.5. The van der Waals surface area contributed by atoms with Crippen molar-refractivity contribution in [3.63, 3.8) is 0 Å². The highest BCUT2D eigenvalue weighted by Crippen LogP contribution is 2.31. The number of aromatic nitrogens is 1. The Morgan fingerprint density at radius 2 is 1.56 bits per heavy atom. The molecule has 2 aromatic rings. The van der Waals surface area contributed by atoms with Gasteiger partial charge >= 0.3 is 12.0 Å². The van der Waals surface area contributed by atoms with Crippen LogP contribution < -0.4 is 9.47 Å². The van der Waals surface area contributed by atoms with Crippen LogP contribution in [0.5, 0.6) is 11.5 Å². The maximum absolute atomic E-state index is 12.9. The van der Waals surface area contributed by atoms with Crippen LogP contribution in [-0.2, 0) is 9.53 Å². The minimum atomic E-state index is -1.72. The van der Waals surface area contributed by atoms with Gasteiger partial charge in [0.1, 0.15) is 0 Å². The van der Waals surface area contributed by atoms with Crippen molar-refractivity contribution in [2.45, 2.75) is 59.4 Å². The summed E-state index contributed by atoms with van der Waals surface area (Å²) in [6, 6.07) is 5.98. The van der Waals surface area contributed by atoms with Crippen molar-refractivity contribution in [1.82, 2.24) is 4.98 Å². The van der Waals surface area contributed by atoms with Crippen molar-refractivity contribution in [3.8, 4) is 11.5 Å². The number of rotatable bonds is 10. The summed E-state index contributed by atoms with van der Waals surface area (Å²) in [6.07, 6.45) is 3.88. The monoisotopic (exact) mass is 476 g/mol. The van der Waals surface area contributed by atoms with Gasteiger partial charge in [0.25, 0.3) is 0 Å². The van der Waals surface area contributed by atoms with Gasteiger partial charge in [0, 0.05) is 29.3 Å². The van der Waals surface area contributed by atoms with Gasteiger partial charge in [0.2, 0.25) is 0 Å². The van der Waals surface area contributed by atoms with Crippen molar-refractivity contribution < 1.29 is 28.7 Å². The van der Waals surface area contributed by atoms with Crippen molar-refractivity contribution in [3.05, 3.63) is 64.0 Å². The number of esters is 1. The van der Waals surface area contributed by atoms with E-state index in [0.717, 1.165) is 0 Å². The predicted molar refractivity (Wildman–Crippen MR) is 130 cm³/mol. The van der Waals surface area contributed by atoms with E-state index in [-0.39, 0.29) is 24.4 Å². The van der Waals surface area contributed by atoms with E-state index in [1.165, 1.54) is 39.1 Å². The summed E-state index contributed by atoms with van der Waals surface area (Å²) >= 11 is 0. The largest absolute Gasteiger partial charge is 0.493 e. The van der Waals surface area contributed by atoms with Crippen LogP contribution in [0.15, 0.2) is 42.7 Å². The molecule has 0 N–H and O–H groups in total. The van der Waals surface area contributed by atoms with Gasteiger partial charge < -0.3 is 14.2 Å². The fourth-order valence-electron chi connectivity index (χ4n) is 2.97. The SMILES string of the molecule is CC.CCC.CCOC(=O)C(C(CC(=O)c1ccc(OC)c(OC)c1)c1ccncc1)[N+](=O)[O-]. The molecule has 0 amide bonds. The number of carbonyl (C=O) groups is 2. The number of carbonyl (C=O) groups excluding carboxylic acids is 2. The molecule has 0 aliphatic carbocycles. The molecule has 9 heteroatoms. The molecule has 0 bridgehead atoms. The molecule has 34 heavy (non-hydrogen) atoms. The number of ether oxygens (including phenoxy) is 3. The number of ketones is 1. The Labute approximate surface area is 201 Å². The van der Waals surface area contributed by atoms with Gasteiger partial charge in [-0.25, -0.2) is 4.79 Å². The Hall–Kier alpha value is -3.49. The summed E-state index contributed by atoms with van der Waals surface area (Å²) in [5.41, 5.74) is 0.733. The van der Waals surface area contributed by atoms with Gasteiger partial charge in [0.05, 0.1) is 26.7 Å². The van der Waals surface area contributed by atoms with Crippen LogP contribution in [0.2, 0.25) is 0 Å². The number of pyridine rings is 1. The molecule has 0 saturated carbocycles. The highest BCUT2D eigenvalue weighted by Gasteiger charge is 2.42. The van der Waals surface area contributed by atoms with Crippen LogP contribution >= 0.6 is 0 Å². The molecule has 188 valence electrons. The van der Waals surface area contributed by atoms with Gasteiger partial charge in [-0.05, 0) is 42.8 Å². The van der Waals surface area contributed by atoms with E-state index in [1.807, 2.05) is 13.8 Å². The Morgan fingerprint density at radius 1 is 1.00 bits per heavy atom. The summed E-state index contributed by atoms with van der Waals surface area (Å²) in [4.78, 5) is 40.0. The van der Waals surface area contributed by atoms with E-state index in [1.54, 1.807) is 31.2 Å². The van der Waals surface area contributed by atoms with Crippen molar-refractivity contribution in [1.29, 1.82) is 0 Å². The third-order valence-corrected chi connectivity index (χ3v) is 4.38. The molecule has 2 rings (SSSR count). The molecule has 1 aromatic heterocycles. The lowest BCUT2D eigenvalue weighted by Crippen LogP contribution is -2.38. The smallest absolute Gasteiger partial charge is 0.382 e. The van der Waals surface area contributed by atoms with Crippen LogP contribution in [0.4, 0.5) is 0 Å². The second-order valence-electron chi connectivity index (χ2n) is 6.77. The fourth-order valence-corrected chi connectivity index (χ4v) is 2.97. The molecule has 0 aliphatic heterocycles. The molecule has 0 fully saturated rings. The quantitative estimate of drug-likeness (QED) is 0.201. The Kier molecular flexibility index (Phi) is 15.3. The molecule has 1 aromatic carbocycles. The zero-order chi connectivity index (χ0) is 26.1. The molecule has 0 saturated heterocycles. The lowest BCUT2D eigenvalue weighted by Gasteiger charge is -2.20. The first-order valence-electron chi connectivity index (χ1n) is 11.3. The van der Waals surface area contributed by atoms with Crippen molar-refractivity contribution >= 4 is 11.8 Å². The average molecular weight is 477 g/mol. The standard InChI is InChI=1S/C20H22N2O7.C3H8.C2H6/c1-4-29-20(24)19(22(25)26)15(13-7-9-21-10-8-13)12-16(23)14-5-6-17(27-2)18(11-14)28-3;1-3-2;1-2/h5-11,15,19H,4,12H2,1-3H3;3H2,1-2H3;1-2H3. The van der Waals surface area contributed by atoms with E-state index in [4.69, 9.17) is 14.2 Å². The van der Waals surface area contributed by atoms with Crippen LogP contribution in [0.3, 0.4) is 0 Å². The van der Waals surface area contributed by atoms with Gasteiger partial charge in [-0.1, -0.05) is 34.1 Å². The molecule has 1 heterocycles. The molecule has 2 atom stereocenters. The highest BCUT2D eigenvalue weighted by molar-refractivity contribution is 5.97. The Bertz CT molecular complexity index is 888. The first-order chi connectivity index (χ1) is 16.3. The summed E-state index contributed by atoms with van der Waals surface area (Å²) < 4.78 is 15.2.